The van der Waals surface area contributed by atoms with E-state index in [4.69, 9.17) is 0 Å². The first-order valence-corrected chi connectivity index (χ1v) is 19.4. The average Bonchev–Trinajstić information content (AvgIpc) is 2.52. The van der Waals surface area contributed by atoms with Crippen molar-refractivity contribution in [3.05, 3.63) is 36.4 Å². The van der Waals surface area contributed by atoms with Crippen LogP contribution in [0.2, 0.25) is 9.88 Å². The van der Waals surface area contributed by atoms with Crippen molar-refractivity contribution in [2.24, 2.45) is 0 Å². The summed E-state index contributed by atoms with van der Waals surface area (Å²) in [4.78, 5) is 8.08. The monoisotopic (exact) mass is 340 g/mol. The van der Waals surface area contributed by atoms with Gasteiger partial charge >= 0.3 is 100 Å². The van der Waals surface area contributed by atoms with Crippen molar-refractivity contribution in [3.8, 4) is 0 Å². The van der Waals surface area contributed by atoms with E-state index in [1.807, 2.05) is 0 Å². The van der Waals surface area contributed by atoms with E-state index in [1.165, 1.54) is 15.7 Å². The van der Waals surface area contributed by atoms with Gasteiger partial charge in [-0.2, -0.15) is 0 Å². The Balaban J connectivity index is 2.29. The Bertz CT molecular complexity index is 534. The summed E-state index contributed by atoms with van der Waals surface area (Å²) in [6, 6.07) is 13.3. The second kappa shape index (κ2) is 3.60. The van der Waals surface area contributed by atoms with E-state index in [9.17, 15) is 0 Å². The zero-order valence-corrected chi connectivity index (χ0v) is 13.3. The van der Waals surface area contributed by atoms with E-state index >= 15 is 0 Å². The van der Waals surface area contributed by atoms with Gasteiger partial charge in [-0.15, -0.1) is 0 Å². The molecule has 0 fully saturated rings. The Labute approximate surface area is 99.6 Å². The van der Waals surface area contributed by atoms with E-state index in [2.05, 4.69) is 64.2 Å². The van der Waals surface area contributed by atoms with Crippen LogP contribution in [0.1, 0.15) is 0 Å². The van der Waals surface area contributed by atoms with Crippen LogP contribution in [-0.4, -0.2) is 15.6 Å². The molecule has 0 nitrogen and oxygen atoms in total. The summed E-state index contributed by atoms with van der Waals surface area (Å²) in [7, 11) is 4.38. The van der Waals surface area contributed by atoms with Gasteiger partial charge in [0.15, 0.2) is 0 Å². The maximum atomic E-state index is 2.50. The van der Waals surface area contributed by atoms with Gasteiger partial charge in [0, 0.05) is 0 Å². The molecule has 0 radical (unpaired) electrons. The average molecular weight is 339 g/mol. The molecule has 76 valence electrons. The van der Waals surface area contributed by atoms with E-state index in [-0.39, 0.29) is 0 Å². The van der Waals surface area contributed by atoms with Crippen molar-refractivity contribution in [2.75, 3.05) is 0 Å². The Morgan fingerprint density at radius 2 is 1.73 bits per heavy atom. The van der Waals surface area contributed by atoms with Gasteiger partial charge in [-0.1, -0.05) is 0 Å². The van der Waals surface area contributed by atoms with Crippen LogP contribution in [0.25, 0.3) is 10.8 Å². The van der Waals surface area contributed by atoms with Gasteiger partial charge in [0.05, 0.1) is 0 Å². The van der Waals surface area contributed by atoms with Crippen LogP contribution in [0, 0.1) is 0 Å². The maximum absolute atomic E-state index is 2.50. The fourth-order valence-electron chi connectivity index (χ4n) is 1.94. The fraction of sp³-hybridized carbons (Fsp3) is 0.167. The van der Waals surface area contributed by atoms with Gasteiger partial charge in [0.2, 0.25) is 0 Å². The quantitative estimate of drug-likeness (QED) is 0.636. The number of rotatable bonds is 0. The molecule has 0 aliphatic carbocycles. The van der Waals surface area contributed by atoms with Gasteiger partial charge in [-0.3, -0.25) is 0 Å². The molecule has 0 saturated heterocycles. The predicted molar refractivity (Wildman–Crippen MR) is 73.1 cm³/mol. The normalized spacial score (nSPS) is 18.0. The molecule has 0 unspecified atom stereocenters. The molecule has 15 heavy (non-hydrogen) atoms. The molecule has 0 saturated carbocycles. The molecule has 1 aliphatic heterocycles. The van der Waals surface area contributed by atoms with Crippen LogP contribution in [0.3, 0.4) is 0 Å². The topological polar surface area (TPSA) is 0 Å². The number of benzene rings is 2. The molecule has 0 bridgehead atoms. The van der Waals surface area contributed by atoms with Crippen molar-refractivity contribution in [1.82, 2.24) is 0 Å². The summed E-state index contributed by atoms with van der Waals surface area (Å²) in [5, 5.41) is 2.84. The first-order valence-electron chi connectivity index (χ1n) is 5.05. The molecule has 0 aromatic heterocycles. The van der Waals surface area contributed by atoms with Crippen molar-refractivity contribution in [2.45, 2.75) is 19.7 Å². The second-order valence-electron chi connectivity index (χ2n) is 4.22. The van der Waals surface area contributed by atoms with E-state index in [0.29, 0.717) is 0 Å². The molecule has 0 spiro atoms. The summed E-state index contributed by atoms with van der Waals surface area (Å²) >= 11 is -1.85. The zero-order valence-electron chi connectivity index (χ0n) is 8.78. The van der Waals surface area contributed by atoms with Gasteiger partial charge in [-0.25, -0.2) is 0 Å². The number of fused-ring (bicyclic) bond motifs is 3. The van der Waals surface area contributed by atoms with Crippen molar-refractivity contribution in [3.63, 3.8) is 0 Å². The van der Waals surface area contributed by atoms with Crippen LogP contribution in [0.4, 0.5) is 0 Å². The van der Waals surface area contributed by atoms with Gasteiger partial charge in [0.1, 0.15) is 0 Å². The molecule has 3 heteroatoms. The molecular weight excluding hydrogens is 327 g/mol. The molecule has 0 N–H and O–H groups in total. The standard InChI is InChI=1S/C10H8S2.2CH3.Sn/c11-9-6-5-7-3-1-2-4-8(7)10(9)12;;;/h1-6,11-12H;2*1H3;/q;;;+2/p-2. The third kappa shape index (κ3) is 1.81. The second-order valence-corrected chi connectivity index (χ2v) is 32.4. The van der Waals surface area contributed by atoms with Crippen LogP contribution in [0.5, 0.6) is 0 Å². The molecule has 1 heterocycles. The molecule has 3 rings (SSSR count). The summed E-state index contributed by atoms with van der Waals surface area (Å²) in [6.07, 6.45) is 0. The van der Waals surface area contributed by atoms with Crippen molar-refractivity contribution in [1.29, 1.82) is 0 Å². The molecule has 1 aliphatic rings. The zero-order chi connectivity index (χ0) is 10.5. The Morgan fingerprint density at radius 3 is 2.60 bits per heavy atom. The molecule has 0 amide bonds. The minimum absolute atomic E-state index is 1.38. The summed E-state index contributed by atoms with van der Waals surface area (Å²) in [6.45, 7) is 0. The van der Waals surface area contributed by atoms with Crippen LogP contribution < -0.4 is 0 Å². The van der Waals surface area contributed by atoms with Crippen LogP contribution in [0.15, 0.2) is 46.2 Å². The third-order valence-electron chi connectivity index (χ3n) is 2.55. The van der Waals surface area contributed by atoms with Gasteiger partial charge in [-0.05, 0) is 0 Å². The van der Waals surface area contributed by atoms with E-state index in [1.54, 1.807) is 4.90 Å². The van der Waals surface area contributed by atoms with Crippen LogP contribution >= 0.6 is 17.9 Å². The first kappa shape index (κ1) is 10.4. The summed E-state index contributed by atoms with van der Waals surface area (Å²) in [5.41, 5.74) is 0. The van der Waals surface area contributed by atoms with Gasteiger partial charge < -0.3 is 0 Å². The molecule has 2 aromatic carbocycles. The van der Waals surface area contributed by atoms with Gasteiger partial charge in [0.25, 0.3) is 0 Å². The van der Waals surface area contributed by atoms with Crippen molar-refractivity contribution >= 4 is 44.3 Å². The third-order valence-corrected chi connectivity index (χ3v) is 20.3. The van der Waals surface area contributed by atoms with E-state index in [0.717, 1.165) is 0 Å². The minimum atomic E-state index is -1.85. The first-order chi connectivity index (χ1) is 7.16. The SMILES string of the molecule is [CH3][Sn]1([CH3])[S]c2ccc3ccccc3c2[S]1. The van der Waals surface area contributed by atoms with Crippen molar-refractivity contribution < 1.29 is 0 Å². The van der Waals surface area contributed by atoms with Crippen LogP contribution in [-0.2, 0) is 0 Å². The molecule has 2 aromatic rings. The molecular formula is C12H12S2Sn. The fourth-order valence-corrected chi connectivity index (χ4v) is 22.1. The molecule has 0 atom stereocenters. The number of hydrogen-bond acceptors (Lipinski definition) is 2. The number of hydrogen-bond donors (Lipinski definition) is 0. The predicted octanol–water partition coefficient (Wildman–Crippen LogP) is 4.74. The Kier molecular flexibility index (Phi) is 2.49. The summed E-state index contributed by atoms with van der Waals surface area (Å²) in [5.74, 6) is 0. The summed E-state index contributed by atoms with van der Waals surface area (Å²) < 4.78 is 0. The van der Waals surface area contributed by atoms with E-state index < -0.39 is 15.6 Å². The Hall–Kier alpha value is 0.199. The Morgan fingerprint density at radius 1 is 0.933 bits per heavy atom.